The zero-order valence-corrected chi connectivity index (χ0v) is 14.7. The number of halogens is 2. The highest BCUT2D eigenvalue weighted by molar-refractivity contribution is 7.15. The number of anilines is 1. The lowest BCUT2D eigenvalue weighted by molar-refractivity contribution is -0.111. The van der Waals surface area contributed by atoms with Crippen LogP contribution in [0.3, 0.4) is 0 Å². The Morgan fingerprint density at radius 2 is 2.21 bits per heavy atom. The lowest BCUT2D eigenvalue weighted by Crippen LogP contribution is -2.06. The number of nitrogens with zero attached hydrogens (tertiary/aromatic N) is 1. The SMILES string of the molecule is O=C(C=Cc1ccco1)Nc1ncc(Cc2ccc(Cl)cc2Cl)s1. The van der Waals surface area contributed by atoms with Crippen LogP contribution < -0.4 is 5.32 Å². The van der Waals surface area contributed by atoms with Crippen LogP contribution in [0.1, 0.15) is 16.2 Å². The summed E-state index contributed by atoms with van der Waals surface area (Å²) in [6, 6.07) is 8.91. The molecule has 1 N–H and O–H groups in total. The number of aromatic nitrogens is 1. The van der Waals surface area contributed by atoms with Crippen LogP contribution in [-0.4, -0.2) is 10.9 Å². The molecule has 4 nitrogen and oxygen atoms in total. The van der Waals surface area contributed by atoms with Gasteiger partial charge in [-0.15, -0.1) is 11.3 Å². The molecular weight excluding hydrogens is 367 g/mol. The minimum Gasteiger partial charge on any atom is -0.465 e. The molecule has 0 aliphatic heterocycles. The Morgan fingerprint density at radius 3 is 2.96 bits per heavy atom. The monoisotopic (exact) mass is 378 g/mol. The molecular formula is C17H12Cl2N2O2S. The summed E-state index contributed by atoms with van der Waals surface area (Å²) in [6.07, 6.45) is 6.90. The fourth-order valence-electron chi connectivity index (χ4n) is 1.99. The van der Waals surface area contributed by atoms with E-state index in [0.717, 1.165) is 10.4 Å². The third-order valence-electron chi connectivity index (χ3n) is 3.11. The molecule has 3 rings (SSSR count). The number of hydrogen-bond acceptors (Lipinski definition) is 4. The van der Waals surface area contributed by atoms with Gasteiger partial charge in [-0.25, -0.2) is 4.98 Å². The number of carbonyl (C=O) groups excluding carboxylic acids is 1. The van der Waals surface area contributed by atoms with Gasteiger partial charge >= 0.3 is 0 Å². The van der Waals surface area contributed by atoms with Gasteiger partial charge in [0.1, 0.15) is 5.76 Å². The van der Waals surface area contributed by atoms with Crippen molar-refractivity contribution < 1.29 is 9.21 Å². The molecule has 0 aliphatic carbocycles. The molecule has 122 valence electrons. The highest BCUT2D eigenvalue weighted by Gasteiger charge is 2.08. The summed E-state index contributed by atoms with van der Waals surface area (Å²) in [6.45, 7) is 0. The molecule has 0 saturated carbocycles. The fraction of sp³-hybridized carbons (Fsp3) is 0.0588. The molecule has 0 saturated heterocycles. The van der Waals surface area contributed by atoms with Gasteiger partial charge < -0.3 is 4.42 Å². The predicted molar refractivity (Wildman–Crippen MR) is 97.8 cm³/mol. The van der Waals surface area contributed by atoms with E-state index in [4.69, 9.17) is 27.6 Å². The standard InChI is InChI=1S/C17H12Cl2N2O2S/c18-12-4-3-11(15(19)9-12)8-14-10-20-17(24-14)21-16(22)6-5-13-2-1-7-23-13/h1-7,9-10H,8H2,(H,20,21,22). The summed E-state index contributed by atoms with van der Waals surface area (Å²) in [4.78, 5) is 17.1. The summed E-state index contributed by atoms with van der Waals surface area (Å²) in [5.74, 6) is 0.346. The van der Waals surface area contributed by atoms with E-state index in [0.29, 0.717) is 27.4 Å². The van der Waals surface area contributed by atoms with Crippen LogP contribution in [0.5, 0.6) is 0 Å². The van der Waals surface area contributed by atoms with Crippen LogP contribution in [0.2, 0.25) is 10.0 Å². The van der Waals surface area contributed by atoms with Gasteiger partial charge in [0, 0.05) is 33.6 Å². The van der Waals surface area contributed by atoms with Crippen LogP contribution in [-0.2, 0) is 11.2 Å². The van der Waals surface area contributed by atoms with E-state index >= 15 is 0 Å². The van der Waals surface area contributed by atoms with E-state index < -0.39 is 0 Å². The maximum Gasteiger partial charge on any atom is 0.250 e. The Balaban J connectivity index is 1.62. The second kappa shape index (κ2) is 7.66. The topological polar surface area (TPSA) is 55.1 Å². The Hall–Kier alpha value is -2.08. The van der Waals surface area contributed by atoms with Gasteiger partial charge in [0.05, 0.1) is 6.26 Å². The Bertz CT molecular complexity index is 873. The summed E-state index contributed by atoms with van der Waals surface area (Å²) in [5.41, 5.74) is 0.959. The molecule has 0 bridgehead atoms. The van der Waals surface area contributed by atoms with Gasteiger partial charge in [-0.3, -0.25) is 10.1 Å². The van der Waals surface area contributed by atoms with Gasteiger partial charge in [-0.05, 0) is 35.9 Å². The summed E-state index contributed by atoms with van der Waals surface area (Å²) < 4.78 is 5.12. The number of furan rings is 1. The minimum atomic E-state index is -0.267. The first-order chi connectivity index (χ1) is 11.6. The van der Waals surface area contributed by atoms with Crippen molar-refractivity contribution in [2.45, 2.75) is 6.42 Å². The van der Waals surface area contributed by atoms with Crippen LogP contribution in [0, 0.1) is 0 Å². The number of nitrogens with one attached hydrogen (secondary N) is 1. The summed E-state index contributed by atoms with van der Waals surface area (Å²) in [5, 5.41) is 4.47. The normalized spacial score (nSPS) is 11.1. The van der Waals surface area contributed by atoms with E-state index in [1.165, 1.54) is 17.4 Å². The molecule has 24 heavy (non-hydrogen) atoms. The van der Waals surface area contributed by atoms with Crippen molar-refractivity contribution in [2.24, 2.45) is 0 Å². The molecule has 0 atom stereocenters. The smallest absolute Gasteiger partial charge is 0.250 e. The van der Waals surface area contributed by atoms with Crippen LogP contribution in [0.15, 0.2) is 53.3 Å². The number of rotatable bonds is 5. The van der Waals surface area contributed by atoms with E-state index in [-0.39, 0.29) is 5.91 Å². The van der Waals surface area contributed by atoms with Crippen molar-refractivity contribution in [1.82, 2.24) is 4.98 Å². The number of amides is 1. The van der Waals surface area contributed by atoms with Crippen molar-refractivity contribution in [3.8, 4) is 0 Å². The van der Waals surface area contributed by atoms with Crippen molar-refractivity contribution in [3.05, 3.63) is 75.1 Å². The zero-order valence-electron chi connectivity index (χ0n) is 12.3. The number of benzene rings is 1. The molecule has 0 unspecified atom stereocenters. The number of thiazole rings is 1. The molecule has 2 heterocycles. The molecule has 0 radical (unpaired) electrons. The average Bonchev–Trinajstić information content (AvgIpc) is 3.20. The van der Waals surface area contributed by atoms with E-state index in [1.807, 2.05) is 6.07 Å². The lowest BCUT2D eigenvalue weighted by atomic mass is 10.1. The van der Waals surface area contributed by atoms with Crippen LogP contribution in [0.4, 0.5) is 5.13 Å². The Morgan fingerprint density at radius 1 is 1.33 bits per heavy atom. The van der Waals surface area contributed by atoms with Gasteiger partial charge in [0.15, 0.2) is 5.13 Å². The largest absolute Gasteiger partial charge is 0.465 e. The van der Waals surface area contributed by atoms with Gasteiger partial charge in [-0.1, -0.05) is 29.3 Å². The molecule has 0 fully saturated rings. The predicted octanol–water partition coefficient (Wildman–Crippen LogP) is 5.29. The van der Waals surface area contributed by atoms with Crippen LogP contribution in [0.25, 0.3) is 6.08 Å². The molecule has 2 aromatic heterocycles. The lowest BCUT2D eigenvalue weighted by Gasteiger charge is -2.02. The third-order valence-corrected chi connectivity index (χ3v) is 4.61. The maximum atomic E-state index is 11.9. The first-order valence-electron chi connectivity index (χ1n) is 7.01. The quantitative estimate of drug-likeness (QED) is 0.613. The molecule has 1 aromatic carbocycles. The number of carbonyl (C=O) groups is 1. The second-order valence-electron chi connectivity index (χ2n) is 4.88. The maximum absolute atomic E-state index is 11.9. The molecule has 3 aromatic rings. The molecule has 0 aliphatic rings. The highest BCUT2D eigenvalue weighted by Crippen LogP contribution is 2.26. The van der Waals surface area contributed by atoms with Crippen molar-refractivity contribution in [1.29, 1.82) is 0 Å². The van der Waals surface area contributed by atoms with Crippen molar-refractivity contribution in [3.63, 3.8) is 0 Å². The summed E-state index contributed by atoms with van der Waals surface area (Å²) >= 11 is 13.5. The molecule has 0 spiro atoms. The third kappa shape index (κ3) is 4.47. The Labute approximate surface area is 152 Å². The van der Waals surface area contributed by atoms with Crippen LogP contribution >= 0.6 is 34.5 Å². The van der Waals surface area contributed by atoms with Crippen molar-refractivity contribution in [2.75, 3.05) is 5.32 Å². The zero-order chi connectivity index (χ0) is 16.9. The number of hydrogen-bond donors (Lipinski definition) is 1. The van der Waals surface area contributed by atoms with E-state index in [9.17, 15) is 4.79 Å². The highest BCUT2D eigenvalue weighted by atomic mass is 35.5. The Kier molecular flexibility index (Phi) is 5.35. The molecule has 7 heteroatoms. The first kappa shape index (κ1) is 16.8. The van der Waals surface area contributed by atoms with Gasteiger partial charge in [-0.2, -0.15) is 0 Å². The summed E-state index contributed by atoms with van der Waals surface area (Å²) in [7, 11) is 0. The fourth-order valence-corrected chi connectivity index (χ4v) is 3.30. The van der Waals surface area contributed by atoms with Gasteiger partial charge in [0.2, 0.25) is 5.91 Å². The van der Waals surface area contributed by atoms with E-state index in [1.54, 1.807) is 42.8 Å². The van der Waals surface area contributed by atoms with Gasteiger partial charge in [0.25, 0.3) is 0 Å². The average molecular weight is 379 g/mol. The second-order valence-corrected chi connectivity index (χ2v) is 6.84. The van der Waals surface area contributed by atoms with E-state index in [2.05, 4.69) is 10.3 Å². The van der Waals surface area contributed by atoms with Crippen molar-refractivity contribution >= 4 is 51.7 Å². The molecule has 1 amide bonds. The first-order valence-corrected chi connectivity index (χ1v) is 8.58. The minimum absolute atomic E-state index is 0.267.